The first kappa shape index (κ1) is 18.4. The molecule has 0 bridgehead atoms. The lowest BCUT2D eigenvalue weighted by molar-refractivity contribution is 0.0897. The van der Waals surface area contributed by atoms with E-state index in [4.69, 9.17) is 9.47 Å². The third-order valence-corrected chi connectivity index (χ3v) is 4.07. The van der Waals surface area contributed by atoms with Crippen LogP contribution < -0.4 is 14.8 Å². The van der Waals surface area contributed by atoms with Crippen molar-refractivity contribution in [3.63, 3.8) is 0 Å². The Hall–Kier alpha value is -1.99. The molecule has 1 atom stereocenters. The minimum absolute atomic E-state index is 0.0681. The fourth-order valence-corrected chi connectivity index (χ4v) is 2.79. The number of hydrogen-bond donors (Lipinski definition) is 2. The number of ether oxygens (including phenoxy) is 2. The Bertz CT molecular complexity index is 543. The van der Waals surface area contributed by atoms with E-state index in [0.29, 0.717) is 37.7 Å². The first-order chi connectivity index (χ1) is 11.5. The van der Waals surface area contributed by atoms with Gasteiger partial charge in [-0.25, -0.2) is 4.79 Å². The van der Waals surface area contributed by atoms with Crippen LogP contribution in [0.5, 0.6) is 11.5 Å². The van der Waals surface area contributed by atoms with Crippen molar-refractivity contribution < 1.29 is 19.4 Å². The molecule has 1 aliphatic heterocycles. The molecule has 1 aliphatic rings. The maximum absolute atomic E-state index is 12.3. The van der Waals surface area contributed by atoms with Crippen LogP contribution >= 0.6 is 0 Å². The van der Waals surface area contributed by atoms with Crippen LogP contribution in [0.25, 0.3) is 0 Å². The predicted octanol–water partition coefficient (Wildman–Crippen LogP) is 0.912. The third-order valence-electron chi connectivity index (χ3n) is 4.07. The summed E-state index contributed by atoms with van der Waals surface area (Å²) in [6.07, 6.45) is -0.338. The molecule has 0 aromatic heterocycles. The van der Waals surface area contributed by atoms with Crippen molar-refractivity contribution in [2.75, 3.05) is 46.9 Å². The highest BCUT2D eigenvalue weighted by atomic mass is 16.5. The van der Waals surface area contributed by atoms with Crippen LogP contribution in [-0.2, 0) is 6.54 Å². The zero-order valence-electron chi connectivity index (χ0n) is 14.6. The van der Waals surface area contributed by atoms with Crippen molar-refractivity contribution in [3.8, 4) is 11.5 Å². The Morgan fingerprint density at radius 2 is 1.88 bits per heavy atom. The Labute approximate surface area is 143 Å². The van der Waals surface area contributed by atoms with Crippen LogP contribution in [0.1, 0.15) is 12.5 Å². The molecule has 0 aliphatic carbocycles. The zero-order valence-corrected chi connectivity index (χ0v) is 14.6. The van der Waals surface area contributed by atoms with E-state index < -0.39 is 0 Å². The molecule has 7 heteroatoms. The van der Waals surface area contributed by atoms with Crippen molar-refractivity contribution in [3.05, 3.63) is 23.8 Å². The lowest BCUT2D eigenvalue weighted by Gasteiger charge is -2.35. The van der Waals surface area contributed by atoms with Gasteiger partial charge in [0, 0.05) is 39.3 Å². The summed E-state index contributed by atoms with van der Waals surface area (Å²) in [6, 6.07) is 5.53. The van der Waals surface area contributed by atoms with Crippen molar-refractivity contribution in [2.24, 2.45) is 0 Å². The second-order valence-electron chi connectivity index (χ2n) is 5.98. The molecule has 0 saturated carbocycles. The average molecular weight is 337 g/mol. The van der Waals surface area contributed by atoms with Crippen molar-refractivity contribution in [1.82, 2.24) is 15.1 Å². The normalized spacial score (nSPS) is 16.6. The van der Waals surface area contributed by atoms with Crippen molar-refractivity contribution >= 4 is 6.03 Å². The van der Waals surface area contributed by atoms with Gasteiger partial charge in [0.05, 0.1) is 20.3 Å². The molecule has 1 fully saturated rings. The van der Waals surface area contributed by atoms with Crippen LogP contribution in [-0.4, -0.2) is 74.0 Å². The van der Waals surface area contributed by atoms with Crippen LogP contribution in [0.4, 0.5) is 4.79 Å². The van der Waals surface area contributed by atoms with E-state index in [2.05, 4.69) is 10.2 Å². The highest BCUT2D eigenvalue weighted by Gasteiger charge is 2.21. The van der Waals surface area contributed by atoms with Gasteiger partial charge in [0.15, 0.2) is 11.5 Å². The van der Waals surface area contributed by atoms with Gasteiger partial charge >= 0.3 is 6.03 Å². The van der Waals surface area contributed by atoms with E-state index in [1.54, 1.807) is 26.0 Å². The Morgan fingerprint density at radius 3 is 2.46 bits per heavy atom. The zero-order chi connectivity index (χ0) is 17.5. The number of urea groups is 1. The van der Waals surface area contributed by atoms with Crippen molar-refractivity contribution in [1.29, 1.82) is 0 Å². The first-order valence-electron chi connectivity index (χ1n) is 8.17. The van der Waals surface area contributed by atoms with Gasteiger partial charge in [-0.2, -0.15) is 0 Å². The number of β-amino-alcohol motifs (C(OH)–C–C–N with tert-alkyl or cyclic N) is 1. The molecule has 134 valence electrons. The molecular weight excluding hydrogens is 310 g/mol. The molecule has 2 amide bonds. The lowest BCUT2D eigenvalue weighted by atomic mass is 10.2. The van der Waals surface area contributed by atoms with E-state index in [0.717, 1.165) is 18.7 Å². The molecule has 2 rings (SSSR count). The molecule has 24 heavy (non-hydrogen) atoms. The highest BCUT2D eigenvalue weighted by Crippen LogP contribution is 2.27. The fraction of sp³-hybridized carbons (Fsp3) is 0.588. The van der Waals surface area contributed by atoms with Crippen LogP contribution in [0, 0.1) is 0 Å². The van der Waals surface area contributed by atoms with Crippen molar-refractivity contribution in [2.45, 2.75) is 19.6 Å². The van der Waals surface area contributed by atoms with E-state index in [1.807, 2.05) is 18.2 Å². The smallest absolute Gasteiger partial charge is 0.317 e. The SMILES string of the molecule is COc1ccc(CNC(=O)N2CCN(C[C@H](C)O)CC2)cc1OC. The molecule has 1 aromatic rings. The number of piperazine rings is 1. The maximum atomic E-state index is 12.3. The van der Waals surface area contributed by atoms with E-state index in [-0.39, 0.29) is 12.1 Å². The summed E-state index contributed by atoms with van der Waals surface area (Å²) < 4.78 is 10.5. The number of methoxy groups -OCH3 is 2. The van der Waals surface area contributed by atoms with Crippen LogP contribution in [0.15, 0.2) is 18.2 Å². The van der Waals surface area contributed by atoms with E-state index in [1.165, 1.54) is 0 Å². The number of carbonyl (C=O) groups excluding carboxylic acids is 1. The number of amides is 2. The van der Waals surface area contributed by atoms with Gasteiger partial charge in [-0.05, 0) is 24.6 Å². The molecular formula is C17H27N3O4. The summed E-state index contributed by atoms with van der Waals surface area (Å²) in [7, 11) is 3.18. The molecule has 2 N–H and O–H groups in total. The summed E-state index contributed by atoms with van der Waals surface area (Å²) >= 11 is 0. The van der Waals surface area contributed by atoms with Gasteiger partial charge in [0.25, 0.3) is 0 Å². The molecule has 1 saturated heterocycles. The second kappa shape index (κ2) is 8.75. The number of rotatable bonds is 6. The van der Waals surface area contributed by atoms with Gasteiger partial charge < -0.3 is 24.8 Å². The quantitative estimate of drug-likeness (QED) is 0.807. The standard InChI is InChI=1S/C17H27N3O4/c1-13(21)12-19-6-8-20(9-7-19)17(22)18-11-14-4-5-15(23-2)16(10-14)24-3/h4-5,10,13,21H,6-9,11-12H2,1-3H3,(H,18,22)/t13-/m0/s1. The topological polar surface area (TPSA) is 74.3 Å². The predicted molar refractivity (Wildman–Crippen MR) is 91.5 cm³/mol. The monoisotopic (exact) mass is 337 g/mol. The van der Waals surface area contributed by atoms with Crippen LogP contribution in [0.3, 0.4) is 0 Å². The first-order valence-corrected chi connectivity index (χ1v) is 8.17. The van der Waals surface area contributed by atoms with Gasteiger partial charge in [0.2, 0.25) is 0 Å². The number of nitrogens with one attached hydrogen (secondary N) is 1. The Kier molecular flexibility index (Phi) is 6.69. The third kappa shape index (κ3) is 5.01. The molecule has 0 spiro atoms. The summed E-state index contributed by atoms with van der Waals surface area (Å²) in [5.74, 6) is 1.32. The second-order valence-corrected chi connectivity index (χ2v) is 5.98. The summed E-state index contributed by atoms with van der Waals surface area (Å²) in [6.45, 7) is 5.79. The molecule has 7 nitrogen and oxygen atoms in total. The Morgan fingerprint density at radius 1 is 1.21 bits per heavy atom. The summed E-state index contributed by atoms with van der Waals surface area (Å²) in [5, 5.41) is 12.4. The molecule has 1 aromatic carbocycles. The number of nitrogens with zero attached hydrogens (tertiary/aromatic N) is 2. The van der Waals surface area contributed by atoms with Crippen LogP contribution in [0.2, 0.25) is 0 Å². The van der Waals surface area contributed by atoms with E-state index in [9.17, 15) is 9.90 Å². The van der Waals surface area contributed by atoms with Gasteiger partial charge in [-0.15, -0.1) is 0 Å². The number of aliphatic hydroxyl groups is 1. The van der Waals surface area contributed by atoms with Gasteiger partial charge in [-0.3, -0.25) is 4.90 Å². The largest absolute Gasteiger partial charge is 0.493 e. The summed E-state index contributed by atoms with van der Waals surface area (Å²) in [4.78, 5) is 16.2. The Balaban J connectivity index is 1.81. The van der Waals surface area contributed by atoms with Gasteiger partial charge in [0.1, 0.15) is 0 Å². The minimum Gasteiger partial charge on any atom is -0.493 e. The molecule has 1 heterocycles. The van der Waals surface area contributed by atoms with E-state index >= 15 is 0 Å². The number of hydrogen-bond acceptors (Lipinski definition) is 5. The number of benzene rings is 1. The average Bonchev–Trinajstić information content (AvgIpc) is 2.59. The molecule has 0 unspecified atom stereocenters. The minimum atomic E-state index is -0.338. The maximum Gasteiger partial charge on any atom is 0.317 e. The lowest BCUT2D eigenvalue weighted by Crippen LogP contribution is -2.52. The molecule has 0 radical (unpaired) electrons. The summed E-state index contributed by atoms with van der Waals surface area (Å²) in [5.41, 5.74) is 0.953. The number of aliphatic hydroxyl groups excluding tert-OH is 1. The highest BCUT2D eigenvalue weighted by molar-refractivity contribution is 5.74. The fourth-order valence-electron chi connectivity index (χ4n) is 2.79. The number of carbonyl (C=O) groups is 1. The van der Waals surface area contributed by atoms with Gasteiger partial charge in [-0.1, -0.05) is 6.07 Å².